The van der Waals surface area contributed by atoms with E-state index in [1.807, 2.05) is 13.8 Å². The molecule has 2 rings (SSSR count). The van der Waals surface area contributed by atoms with Gasteiger partial charge in [0.2, 0.25) is 0 Å². The zero-order chi connectivity index (χ0) is 13.3. The highest BCUT2D eigenvalue weighted by Crippen LogP contribution is 2.29. The summed E-state index contributed by atoms with van der Waals surface area (Å²) >= 11 is 4.85. The number of aliphatic hydroxyl groups is 1. The lowest BCUT2D eigenvalue weighted by Gasteiger charge is -2.11. The summed E-state index contributed by atoms with van der Waals surface area (Å²) in [5.74, 6) is -0.294. The van der Waals surface area contributed by atoms with Gasteiger partial charge in [-0.2, -0.15) is 0 Å². The van der Waals surface area contributed by atoms with Crippen LogP contribution in [0.3, 0.4) is 0 Å². The molecule has 0 bridgehead atoms. The molecule has 0 saturated heterocycles. The third-order valence-corrected chi connectivity index (χ3v) is 4.61. The van der Waals surface area contributed by atoms with Crippen molar-refractivity contribution >= 4 is 27.3 Å². The Kier molecular flexibility index (Phi) is 4.14. The van der Waals surface area contributed by atoms with Crippen molar-refractivity contribution in [1.29, 1.82) is 0 Å². The van der Waals surface area contributed by atoms with Gasteiger partial charge >= 0.3 is 0 Å². The molecule has 0 spiro atoms. The van der Waals surface area contributed by atoms with Gasteiger partial charge < -0.3 is 5.11 Å². The van der Waals surface area contributed by atoms with E-state index in [0.717, 1.165) is 25.6 Å². The lowest BCUT2D eigenvalue weighted by molar-refractivity contribution is 0.181. The molecular weight excluding hydrogens is 317 g/mol. The number of nitrogens with zero attached hydrogens (tertiary/aromatic N) is 1. The number of halogens is 2. The molecule has 5 heteroatoms. The van der Waals surface area contributed by atoms with Crippen molar-refractivity contribution in [2.75, 3.05) is 0 Å². The first-order chi connectivity index (χ1) is 8.47. The Bertz CT molecular complexity index is 570. The molecule has 1 aromatic heterocycles. The maximum absolute atomic E-state index is 13.2. The Hall–Kier alpha value is -0.780. The van der Waals surface area contributed by atoms with Crippen LogP contribution >= 0.6 is 27.3 Å². The Balaban J connectivity index is 2.23. The summed E-state index contributed by atoms with van der Waals surface area (Å²) in [5, 5.41) is 11.1. The summed E-state index contributed by atoms with van der Waals surface area (Å²) in [4.78, 5) is 5.14. The third-order valence-electron chi connectivity index (χ3n) is 2.66. The van der Waals surface area contributed by atoms with Gasteiger partial charge in [0.05, 0.1) is 21.7 Å². The standard InChI is InChI=1S/C13H13BrFNOS/c1-7-13(18-8(2)16-7)12(17)6-9-5-10(15)3-4-11(9)14/h3-5,12,17H,6H2,1-2H3. The molecule has 18 heavy (non-hydrogen) atoms. The summed E-state index contributed by atoms with van der Waals surface area (Å²) in [6.45, 7) is 3.79. The van der Waals surface area contributed by atoms with E-state index in [9.17, 15) is 9.50 Å². The molecule has 0 aliphatic rings. The van der Waals surface area contributed by atoms with Crippen LogP contribution in [-0.4, -0.2) is 10.1 Å². The third kappa shape index (κ3) is 2.96. The van der Waals surface area contributed by atoms with E-state index in [-0.39, 0.29) is 5.82 Å². The highest BCUT2D eigenvalue weighted by atomic mass is 79.9. The Morgan fingerprint density at radius 1 is 1.44 bits per heavy atom. The highest BCUT2D eigenvalue weighted by molar-refractivity contribution is 9.10. The summed E-state index contributed by atoms with van der Waals surface area (Å²) in [6.07, 6.45) is -0.268. The maximum Gasteiger partial charge on any atom is 0.123 e. The van der Waals surface area contributed by atoms with Gasteiger partial charge in [0, 0.05) is 10.9 Å². The Labute approximate surface area is 118 Å². The highest BCUT2D eigenvalue weighted by Gasteiger charge is 2.16. The number of thiazole rings is 1. The summed E-state index contributed by atoms with van der Waals surface area (Å²) in [7, 11) is 0. The zero-order valence-electron chi connectivity index (χ0n) is 10.1. The van der Waals surface area contributed by atoms with Gasteiger partial charge in [0.25, 0.3) is 0 Å². The molecule has 0 fully saturated rings. The molecule has 1 heterocycles. The normalized spacial score (nSPS) is 12.7. The van der Waals surface area contributed by atoms with Crippen molar-refractivity contribution in [3.05, 3.63) is 49.6 Å². The fourth-order valence-electron chi connectivity index (χ4n) is 1.86. The average molecular weight is 330 g/mol. The first kappa shape index (κ1) is 13.6. The van der Waals surface area contributed by atoms with E-state index in [1.54, 1.807) is 6.07 Å². The molecule has 2 nitrogen and oxygen atoms in total. The number of benzene rings is 1. The molecule has 96 valence electrons. The average Bonchev–Trinajstić information content (AvgIpc) is 2.63. The van der Waals surface area contributed by atoms with Gasteiger partial charge in [-0.25, -0.2) is 9.37 Å². The molecule has 1 N–H and O–H groups in total. The van der Waals surface area contributed by atoms with Gasteiger partial charge in [0.15, 0.2) is 0 Å². The minimum Gasteiger partial charge on any atom is -0.387 e. The van der Waals surface area contributed by atoms with Crippen molar-refractivity contribution in [3.8, 4) is 0 Å². The van der Waals surface area contributed by atoms with Crippen LogP contribution in [-0.2, 0) is 6.42 Å². The fraction of sp³-hybridized carbons (Fsp3) is 0.308. The molecule has 2 aromatic rings. The summed E-state index contributed by atoms with van der Waals surface area (Å²) < 4.78 is 14.0. The van der Waals surface area contributed by atoms with Gasteiger partial charge in [0.1, 0.15) is 5.82 Å². The minimum atomic E-state index is -0.644. The first-order valence-corrected chi connectivity index (χ1v) is 7.14. The number of aromatic nitrogens is 1. The van der Waals surface area contributed by atoms with Gasteiger partial charge in [-0.15, -0.1) is 11.3 Å². The van der Waals surface area contributed by atoms with Crippen molar-refractivity contribution < 1.29 is 9.50 Å². The van der Waals surface area contributed by atoms with Crippen LogP contribution in [0.5, 0.6) is 0 Å². The molecule has 1 unspecified atom stereocenters. The lowest BCUT2D eigenvalue weighted by atomic mass is 10.1. The molecule has 0 aliphatic heterocycles. The van der Waals surface area contributed by atoms with Crippen LogP contribution < -0.4 is 0 Å². The smallest absolute Gasteiger partial charge is 0.123 e. The van der Waals surface area contributed by atoms with Gasteiger partial charge in [-0.05, 0) is 37.6 Å². The van der Waals surface area contributed by atoms with E-state index in [4.69, 9.17) is 0 Å². The monoisotopic (exact) mass is 329 g/mol. The van der Waals surface area contributed by atoms with E-state index >= 15 is 0 Å². The maximum atomic E-state index is 13.2. The second-order valence-electron chi connectivity index (χ2n) is 4.14. The molecule has 1 atom stereocenters. The number of rotatable bonds is 3. The SMILES string of the molecule is Cc1nc(C)c(C(O)Cc2cc(F)ccc2Br)s1. The Morgan fingerprint density at radius 2 is 2.17 bits per heavy atom. The predicted molar refractivity (Wildman–Crippen MR) is 74.4 cm³/mol. The van der Waals surface area contributed by atoms with Crippen molar-refractivity contribution in [3.63, 3.8) is 0 Å². The van der Waals surface area contributed by atoms with Crippen LogP contribution in [0.25, 0.3) is 0 Å². The number of hydrogen-bond acceptors (Lipinski definition) is 3. The quantitative estimate of drug-likeness (QED) is 0.925. The van der Waals surface area contributed by atoms with E-state index in [0.29, 0.717) is 6.42 Å². The van der Waals surface area contributed by atoms with Crippen LogP contribution in [0.1, 0.15) is 27.2 Å². The lowest BCUT2D eigenvalue weighted by Crippen LogP contribution is -2.02. The van der Waals surface area contributed by atoms with Crippen LogP contribution in [0, 0.1) is 19.7 Å². The second-order valence-corrected chi connectivity index (χ2v) is 6.23. The van der Waals surface area contributed by atoms with Gasteiger partial charge in [-0.3, -0.25) is 0 Å². The topological polar surface area (TPSA) is 33.1 Å². The number of aliphatic hydroxyl groups excluding tert-OH is 1. The summed E-state index contributed by atoms with van der Waals surface area (Å²) in [6, 6.07) is 4.49. The molecule has 0 radical (unpaired) electrons. The van der Waals surface area contributed by atoms with Crippen molar-refractivity contribution in [2.45, 2.75) is 26.4 Å². The second kappa shape index (κ2) is 5.47. The first-order valence-electron chi connectivity index (χ1n) is 5.53. The number of hydrogen-bond donors (Lipinski definition) is 1. The van der Waals surface area contributed by atoms with E-state index < -0.39 is 6.10 Å². The number of aryl methyl sites for hydroxylation is 2. The van der Waals surface area contributed by atoms with E-state index in [2.05, 4.69) is 20.9 Å². The van der Waals surface area contributed by atoms with Crippen LogP contribution in [0.15, 0.2) is 22.7 Å². The van der Waals surface area contributed by atoms with Crippen LogP contribution in [0.4, 0.5) is 4.39 Å². The molecule has 0 aliphatic carbocycles. The Morgan fingerprint density at radius 3 is 2.78 bits per heavy atom. The molecule has 0 amide bonds. The van der Waals surface area contributed by atoms with Gasteiger partial charge in [-0.1, -0.05) is 15.9 Å². The molecule has 1 aromatic carbocycles. The van der Waals surface area contributed by atoms with E-state index in [1.165, 1.54) is 23.5 Å². The predicted octanol–water partition coefficient (Wildman–Crippen LogP) is 3.94. The largest absolute Gasteiger partial charge is 0.387 e. The minimum absolute atomic E-state index is 0.294. The van der Waals surface area contributed by atoms with Crippen molar-refractivity contribution in [1.82, 2.24) is 4.98 Å². The summed E-state index contributed by atoms with van der Waals surface area (Å²) in [5.41, 5.74) is 1.60. The fourth-order valence-corrected chi connectivity index (χ4v) is 3.18. The molecule has 0 saturated carbocycles. The van der Waals surface area contributed by atoms with Crippen LogP contribution in [0.2, 0.25) is 0 Å². The molecular formula is C13H13BrFNOS. The van der Waals surface area contributed by atoms with Crippen molar-refractivity contribution in [2.24, 2.45) is 0 Å². The zero-order valence-corrected chi connectivity index (χ0v) is 12.5.